The molecule has 0 unspecified atom stereocenters. The number of benzene rings is 4. The van der Waals surface area contributed by atoms with E-state index in [0.29, 0.717) is 23.3 Å². The number of hydrogen-bond donors (Lipinski definition) is 0. The molecule has 0 radical (unpaired) electrons. The molecule has 4 aromatic rings. The quantitative estimate of drug-likeness (QED) is 0.184. The van der Waals surface area contributed by atoms with E-state index in [0.717, 1.165) is 24.5 Å². The Labute approximate surface area is 233 Å². The number of rotatable bonds is 8. The summed E-state index contributed by atoms with van der Waals surface area (Å²) in [5, 5.41) is 0. The lowest BCUT2D eigenvalue weighted by Gasteiger charge is -2.20. The van der Waals surface area contributed by atoms with Crippen molar-refractivity contribution in [2.24, 2.45) is 0 Å². The van der Waals surface area contributed by atoms with E-state index < -0.39 is 69.9 Å². The van der Waals surface area contributed by atoms with Gasteiger partial charge in [-0.25, -0.2) is 22.0 Å². The largest absolute Gasteiger partial charge is 0.432 e. The van der Waals surface area contributed by atoms with Gasteiger partial charge in [-0.1, -0.05) is 49.7 Å². The lowest BCUT2D eigenvalue weighted by molar-refractivity contribution is -0.189. The summed E-state index contributed by atoms with van der Waals surface area (Å²) < 4.78 is 143. The van der Waals surface area contributed by atoms with E-state index in [1.807, 2.05) is 19.1 Å². The van der Waals surface area contributed by atoms with Crippen molar-refractivity contribution in [3.63, 3.8) is 0 Å². The second-order valence-corrected chi connectivity index (χ2v) is 9.25. The van der Waals surface area contributed by atoms with E-state index in [2.05, 4.69) is 4.74 Å². The van der Waals surface area contributed by atoms with Gasteiger partial charge in [0.05, 0.1) is 0 Å². The highest BCUT2D eigenvalue weighted by Gasteiger charge is 2.41. The number of aryl methyl sites for hydroxylation is 1. The van der Waals surface area contributed by atoms with Gasteiger partial charge in [-0.2, -0.15) is 22.0 Å². The van der Waals surface area contributed by atoms with Gasteiger partial charge < -0.3 is 4.74 Å². The van der Waals surface area contributed by atoms with Gasteiger partial charge in [-0.05, 0) is 52.9 Å². The molecule has 0 fully saturated rings. The molecule has 0 spiro atoms. The first-order valence-corrected chi connectivity index (χ1v) is 12.4. The molecule has 0 aromatic heterocycles. The minimum atomic E-state index is -4.91. The lowest BCUT2D eigenvalue weighted by Crippen LogP contribution is -2.25. The number of allylic oxidation sites excluding steroid dienone is 1. The molecule has 4 rings (SSSR count). The Morgan fingerprint density at radius 1 is 0.643 bits per heavy atom. The normalized spacial score (nSPS) is 12.3. The van der Waals surface area contributed by atoms with Crippen molar-refractivity contribution in [3.8, 4) is 28.0 Å². The molecule has 0 saturated carbocycles. The third kappa shape index (κ3) is 6.95. The first kappa shape index (κ1) is 30.7. The van der Waals surface area contributed by atoms with Gasteiger partial charge in [0.1, 0.15) is 40.4 Å². The summed E-state index contributed by atoms with van der Waals surface area (Å²) >= 11 is 0. The molecule has 4 aromatic carbocycles. The Morgan fingerprint density at radius 2 is 1.19 bits per heavy atom. The van der Waals surface area contributed by atoms with E-state index >= 15 is 0 Å². The monoisotopic (exact) mass is 598 g/mol. The summed E-state index contributed by atoms with van der Waals surface area (Å²) in [6, 6.07) is 12.4. The van der Waals surface area contributed by atoms with Crippen LogP contribution in [0.1, 0.15) is 30.0 Å². The fraction of sp³-hybridized carbons (Fsp3) is 0.161. The van der Waals surface area contributed by atoms with Gasteiger partial charge in [0.25, 0.3) is 0 Å². The van der Waals surface area contributed by atoms with E-state index in [-0.39, 0.29) is 23.8 Å². The predicted molar refractivity (Wildman–Crippen MR) is 137 cm³/mol. The van der Waals surface area contributed by atoms with Crippen LogP contribution >= 0.6 is 0 Å². The van der Waals surface area contributed by atoms with Crippen molar-refractivity contribution in [2.45, 2.75) is 32.1 Å². The van der Waals surface area contributed by atoms with Crippen molar-refractivity contribution >= 4 is 6.08 Å². The van der Waals surface area contributed by atoms with E-state index in [1.54, 1.807) is 12.1 Å². The average Bonchev–Trinajstić information content (AvgIpc) is 2.87. The van der Waals surface area contributed by atoms with Crippen LogP contribution < -0.4 is 4.74 Å². The summed E-state index contributed by atoms with van der Waals surface area (Å²) in [6.45, 7) is 2.03. The predicted octanol–water partition coefficient (Wildman–Crippen LogP) is 10.4. The van der Waals surface area contributed by atoms with Crippen LogP contribution in [-0.4, -0.2) is 6.18 Å². The van der Waals surface area contributed by atoms with Crippen LogP contribution in [0.3, 0.4) is 0 Å². The number of halogens is 10. The Kier molecular flexibility index (Phi) is 8.70. The second-order valence-electron chi connectivity index (χ2n) is 9.25. The average molecular weight is 598 g/mol. The minimum absolute atomic E-state index is 0.0412. The molecule has 0 aliphatic heterocycles. The Balaban J connectivity index is 1.60. The van der Waals surface area contributed by atoms with Gasteiger partial charge in [0.15, 0.2) is 0 Å². The zero-order chi connectivity index (χ0) is 30.8. The Morgan fingerprint density at radius 3 is 1.71 bits per heavy atom. The molecule has 0 aliphatic carbocycles. The van der Waals surface area contributed by atoms with Gasteiger partial charge in [-0.15, -0.1) is 0 Å². The molecule has 0 N–H and O–H groups in total. The van der Waals surface area contributed by atoms with Crippen LogP contribution in [0, 0.1) is 29.1 Å². The Bertz CT molecular complexity index is 1580. The standard InChI is InChI=1S/C31H20F10O/c1-2-3-17-4-6-18(7-5-17)19-8-9-22(24(32)12-19)20-13-27(35)29(28(36)14-20)31(40,41)42-21-15-25(33)23(26(34)16-21)10-11-30(37,38)39/h4-16H,2-3H2,1H3/b11-10+. The number of ether oxygens (including phenoxy) is 1. The van der Waals surface area contributed by atoms with Crippen LogP contribution in [0.25, 0.3) is 28.3 Å². The Hall–Kier alpha value is -4.28. The van der Waals surface area contributed by atoms with Crippen LogP contribution in [0.4, 0.5) is 43.9 Å². The fourth-order valence-electron chi connectivity index (χ4n) is 4.24. The molecule has 0 aliphatic rings. The minimum Gasteiger partial charge on any atom is -0.429 e. The van der Waals surface area contributed by atoms with Gasteiger partial charge in [0, 0.05) is 29.3 Å². The summed E-state index contributed by atoms with van der Waals surface area (Å²) in [7, 11) is 0. The van der Waals surface area contributed by atoms with Crippen molar-refractivity contribution < 1.29 is 48.6 Å². The molecule has 42 heavy (non-hydrogen) atoms. The van der Waals surface area contributed by atoms with E-state index in [4.69, 9.17) is 0 Å². The van der Waals surface area contributed by atoms with E-state index in [1.165, 1.54) is 12.1 Å². The highest BCUT2D eigenvalue weighted by molar-refractivity contribution is 5.71. The topological polar surface area (TPSA) is 9.23 Å². The molecule has 11 heteroatoms. The summed E-state index contributed by atoms with van der Waals surface area (Å²) in [6.07, 6.45) is -8.36. The maximum Gasteiger partial charge on any atom is 0.432 e. The van der Waals surface area contributed by atoms with Crippen molar-refractivity contribution in [1.82, 2.24) is 0 Å². The first-order valence-electron chi connectivity index (χ1n) is 12.4. The van der Waals surface area contributed by atoms with Gasteiger partial charge in [0.2, 0.25) is 0 Å². The van der Waals surface area contributed by atoms with Gasteiger partial charge in [-0.3, -0.25) is 0 Å². The highest BCUT2D eigenvalue weighted by Crippen LogP contribution is 2.39. The molecular weight excluding hydrogens is 578 g/mol. The molecule has 0 atom stereocenters. The summed E-state index contributed by atoms with van der Waals surface area (Å²) in [5.41, 5.74) is -1.59. The lowest BCUT2D eigenvalue weighted by atomic mass is 9.97. The third-order valence-corrected chi connectivity index (χ3v) is 6.18. The number of alkyl halides is 5. The van der Waals surface area contributed by atoms with Crippen LogP contribution in [0.5, 0.6) is 5.75 Å². The zero-order valence-corrected chi connectivity index (χ0v) is 21.6. The first-order chi connectivity index (χ1) is 19.7. The molecule has 1 nitrogen and oxygen atoms in total. The van der Waals surface area contributed by atoms with Crippen molar-refractivity contribution in [1.29, 1.82) is 0 Å². The maximum atomic E-state index is 15.0. The molecule has 0 heterocycles. The molecule has 220 valence electrons. The highest BCUT2D eigenvalue weighted by atomic mass is 19.4. The van der Waals surface area contributed by atoms with Gasteiger partial charge >= 0.3 is 12.3 Å². The summed E-state index contributed by atoms with van der Waals surface area (Å²) in [5.74, 6) is -9.25. The second kappa shape index (κ2) is 11.9. The molecular formula is C31H20F10O. The summed E-state index contributed by atoms with van der Waals surface area (Å²) in [4.78, 5) is 0. The van der Waals surface area contributed by atoms with Crippen LogP contribution in [0.2, 0.25) is 0 Å². The molecule has 0 amide bonds. The van der Waals surface area contributed by atoms with Crippen LogP contribution in [0.15, 0.2) is 72.8 Å². The van der Waals surface area contributed by atoms with Crippen molar-refractivity contribution in [2.75, 3.05) is 0 Å². The maximum absolute atomic E-state index is 15.0. The smallest absolute Gasteiger partial charge is 0.429 e. The van der Waals surface area contributed by atoms with Crippen molar-refractivity contribution in [3.05, 3.63) is 119 Å². The number of hydrogen-bond acceptors (Lipinski definition) is 1. The van der Waals surface area contributed by atoms with Crippen LogP contribution in [-0.2, 0) is 12.5 Å². The zero-order valence-electron chi connectivity index (χ0n) is 21.6. The fourth-order valence-corrected chi connectivity index (χ4v) is 4.24. The van der Waals surface area contributed by atoms with E-state index in [9.17, 15) is 43.9 Å². The third-order valence-electron chi connectivity index (χ3n) is 6.18. The molecule has 0 saturated heterocycles. The molecule has 0 bridgehead atoms. The SMILES string of the molecule is CCCc1ccc(-c2ccc(-c3cc(F)c(C(F)(F)Oc4cc(F)c(/C=C/C(F)(F)F)c(F)c4)c(F)c3)c(F)c2)cc1.